The molecule has 1 aromatic heterocycles. The first-order valence-electron chi connectivity index (χ1n) is 7.13. The molecule has 0 bridgehead atoms. The van der Waals surface area contributed by atoms with Crippen LogP contribution in [0.1, 0.15) is 44.0 Å². The van der Waals surface area contributed by atoms with Crippen LogP contribution in [-0.2, 0) is 17.7 Å². The first-order valence-corrected chi connectivity index (χ1v) is 7.92. The van der Waals surface area contributed by atoms with Gasteiger partial charge >= 0.3 is 0 Å². The zero-order valence-electron chi connectivity index (χ0n) is 11.7. The summed E-state index contributed by atoms with van der Waals surface area (Å²) in [6.07, 6.45) is 4.75. The first kappa shape index (κ1) is 15.0. The van der Waals surface area contributed by atoms with Gasteiger partial charge in [0.25, 0.3) is 0 Å². The molecule has 0 radical (unpaired) electrons. The van der Waals surface area contributed by atoms with Crippen molar-refractivity contribution < 1.29 is 9.84 Å². The van der Waals surface area contributed by atoms with Crippen LogP contribution in [-0.4, -0.2) is 33.7 Å². The SMILES string of the molecule is CCn1nc(C)c(Br)c1CC(O)CCC1CCCO1. The standard InChI is InChI=1S/C14H23BrN2O2/c1-3-17-13(14(15)10(2)16-17)9-11(18)6-7-12-5-4-8-19-12/h11-12,18H,3-9H2,1-2H3. The van der Waals surface area contributed by atoms with Crippen molar-refractivity contribution in [1.82, 2.24) is 9.78 Å². The topological polar surface area (TPSA) is 47.3 Å². The summed E-state index contributed by atoms with van der Waals surface area (Å²) in [5.41, 5.74) is 2.09. The molecule has 1 aliphatic rings. The molecule has 0 aromatic carbocycles. The van der Waals surface area contributed by atoms with Crippen molar-refractivity contribution in [1.29, 1.82) is 0 Å². The van der Waals surface area contributed by atoms with Crippen LogP contribution < -0.4 is 0 Å². The number of hydrogen-bond donors (Lipinski definition) is 1. The monoisotopic (exact) mass is 330 g/mol. The highest BCUT2D eigenvalue weighted by molar-refractivity contribution is 9.10. The highest BCUT2D eigenvalue weighted by atomic mass is 79.9. The van der Waals surface area contributed by atoms with Crippen LogP contribution in [0.3, 0.4) is 0 Å². The zero-order valence-corrected chi connectivity index (χ0v) is 13.3. The number of ether oxygens (including phenoxy) is 1. The number of nitrogens with zero attached hydrogens (tertiary/aromatic N) is 2. The molecule has 1 fully saturated rings. The second kappa shape index (κ2) is 6.86. The number of hydrogen-bond acceptors (Lipinski definition) is 3. The van der Waals surface area contributed by atoms with E-state index in [9.17, 15) is 5.11 Å². The highest BCUT2D eigenvalue weighted by Gasteiger charge is 2.19. The van der Waals surface area contributed by atoms with Gasteiger partial charge < -0.3 is 9.84 Å². The minimum atomic E-state index is -0.318. The summed E-state index contributed by atoms with van der Waals surface area (Å²) in [5.74, 6) is 0. The largest absolute Gasteiger partial charge is 0.393 e. The molecular formula is C14H23BrN2O2. The molecular weight excluding hydrogens is 308 g/mol. The summed E-state index contributed by atoms with van der Waals surface area (Å²) in [6, 6.07) is 0. The molecule has 0 amide bonds. The van der Waals surface area contributed by atoms with Crippen LogP contribution >= 0.6 is 15.9 Å². The van der Waals surface area contributed by atoms with E-state index in [1.807, 2.05) is 11.6 Å². The first-order chi connectivity index (χ1) is 9.11. The van der Waals surface area contributed by atoms with Gasteiger partial charge in [-0.15, -0.1) is 0 Å². The molecule has 19 heavy (non-hydrogen) atoms. The second-order valence-corrected chi connectivity index (χ2v) is 6.03. The van der Waals surface area contributed by atoms with Gasteiger partial charge in [0.2, 0.25) is 0 Å². The number of aromatic nitrogens is 2. The molecule has 2 rings (SSSR count). The van der Waals surface area contributed by atoms with Gasteiger partial charge in [0.15, 0.2) is 0 Å². The summed E-state index contributed by atoms with van der Waals surface area (Å²) in [4.78, 5) is 0. The Morgan fingerprint density at radius 1 is 1.58 bits per heavy atom. The Hall–Kier alpha value is -0.390. The van der Waals surface area contributed by atoms with Crippen LogP contribution in [0.25, 0.3) is 0 Å². The quantitative estimate of drug-likeness (QED) is 0.872. The molecule has 108 valence electrons. The molecule has 0 spiro atoms. The lowest BCUT2D eigenvalue weighted by molar-refractivity contribution is 0.0807. The molecule has 1 N–H and O–H groups in total. The highest BCUT2D eigenvalue weighted by Crippen LogP contribution is 2.24. The number of rotatable bonds is 6. The minimum Gasteiger partial charge on any atom is -0.393 e. The van der Waals surface area contributed by atoms with Crippen LogP contribution in [0.4, 0.5) is 0 Å². The van der Waals surface area contributed by atoms with Crippen LogP contribution in [0.2, 0.25) is 0 Å². The van der Waals surface area contributed by atoms with Gasteiger partial charge in [0, 0.05) is 19.6 Å². The number of halogens is 1. The predicted molar refractivity (Wildman–Crippen MR) is 78.3 cm³/mol. The fourth-order valence-corrected chi connectivity index (χ4v) is 3.09. The third-order valence-electron chi connectivity index (χ3n) is 3.73. The van der Waals surface area contributed by atoms with E-state index >= 15 is 0 Å². The fraction of sp³-hybridized carbons (Fsp3) is 0.786. The molecule has 2 unspecified atom stereocenters. The van der Waals surface area contributed by atoms with E-state index in [1.54, 1.807) is 0 Å². The van der Waals surface area contributed by atoms with Crippen LogP contribution in [0, 0.1) is 6.92 Å². The lowest BCUT2D eigenvalue weighted by Crippen LogP contribution is -2.17. The molecule has 0 saturated carbocycles. The number of aliphatic hydroxyl groups is 1. The van der Waals surface area contributed by atoms with Gasteiger partial charge in [0.05, 0.1) is 28.1 Å². The lowest BCUT2D eigenvalue weighted by Gasteiger charge is -2.14. The maximum Gasteiger partial charge on any atom is 0.0738 e. The molecule has 2 atom stereocenters. The van der Waals surface area contributed by atoms with Crippen molar-refractivity contribution in [2.24, 2.45) is 0 Å². The Labute approximate surface area is 123 Å². The number of aliphatic hydroxyl groups excluding tert-OH is 1. The van der Waals surface area contributed by atoms with Gasteiger partial charge in [0.1, 0.15) is 0 Å². The van der Waals surface area contributed by atoms with Crippen molar-refractivity contribution in [2.45, 2.75) is 64.7 Å². The van der Waals surface area contributed by atoms with E-state index in [2.05, 4.69) is 28.0 Å². The molecule has 0 aliphatic carbocycles. The molecule has 1 aliphatic heterocycles. The van der Waals surface area contributed by atoms with E-state index < -0.39 is 0 Å². The average molecular weight is 331 g/mol. The Bertz CT molecular complexity index is 414. The van der Waals surface area contributed by atoms with E-state index in [1.165, 1.54) is 0 Å². The second-order valence-electron chi connectivity index (χ2n) is 5.23. The summed E-state index contributed by atoms with van der Waals surface area (Å²) in [5, 5.41) is 14.7. The summed E-state index contributed by atoms with van der Waals surface area (Å²) < 4.78 is 8.59. The maximum absolute atomic E-state index is 10.2. The molecule has 1 aromatic rings. The molecule has 5 heteroatoms. The normalized spacial score (nSPS) is 20.9. The Morgan fingerprint density at radius 3 is 3.00 bits per heavy atom. The van der Waals surface area contributed by atoms with Crippen LogP contribution in [0.15, 0.2) is 4.47 Å². The summed E-state index contributed by atoms with van der Waals surface area (Å²) >= 11 is 3.57. The van der Waals surface area contributed by atoms with E-state index in [0.29, 0.717) is 12.5 Å². The van der Waals surface area contributed by atoms with Gasteiger partial charge in [-0.1, -0.05) is 0 Å². The van der Waals surface area contributed by atoms with Gasteiger partial charge in [-0.25, -0.2) is 0 Å². The average Bonchev–Trinajstić information content (AvgIpc) is 3.00. The molecule has 4 nitrogen and oxygen atoms in total. The molecule has 1 saturated heterocycles. The Morgan fingerprint density at radius 2 is 2.37 bits per heavy atom. The fourth-order valence-electron chi connectivity index (χ4n) is 2.64. The van der Waals surface area contributed by atoms with Gasteiger partial charge in [-0.2, -0.15) is 5.10 Å². The predicted octanol–water partition coefficient (Wildman–Crippen LogP) is 2.84. The maximum atomic E-state index is 10.2. The van der Waals surface area contributed by atoms with Crippen molar-refractivity contribution in [3.63, 3.8) is 0 Å². The zero-order chi connectivity index (χ0) is 13.8. The Kier molecular flexibility index (Phi) is 5.42. The third-order valence-corrected chi connectivity index (χ3v) is 4.76. The summed E-state index contributed by atoms with van der Waals surface area (Å²) in [7, 11) is 0. The minimum absolute atomic E-state index is 0.318. The van der Waals surface area contributed by atoms with Crippen molar-refractivity contribution >= 4 is 15.9 Å². The smallest absolute Gasteiger partial charge is 0.0738 e. The Balaban J connectivity index is 1.88. The van der Waals surface area contributed by atoms with Gasteiger partial charge in [-0.3, -0.25) is 4.68 Å². The summed E-state index contributed by atoms with van der Waals surface area (Å²) in [6.45, 7) is 5.77. The van der Waals surface area contributed by atoms with E-state index in [-0.39, 0.29) is 6.10 Å². The third kappa shape index (κ3) is 3.80. The van der Waals surface area contributed by atoms with Crippen molar-refractivity contribution in [3.05, 3.63) is 15.9 Å². The van der Waals surface area contributed by atoms with Crippen molar-refractivity contribution in [3.8, 4) is 0 Å². The van der Waals surface area contributed by atoms with Crippen LogP contribution in [0.5, 0.6) is 0 Å². The van der Waals surface area contributed by atoms with Crippen molar-refractivity contribution in [2.75, 3.05) is 6.61 Å². The van der Waals surface area contributed by atoms with E-state index in [4.69, 9.17) is 4.74 Å². The molecule has 2 heterocycles. The van der Waals surface area contributed by atoms with E-state index in [0.717, 1.165) is 54.7 Å². The number of aryl methyl sites for hydroxylation is 2. The lowest BCUT2D eigenvalue weighted by atomic mass is 10.0. The van der Waals surface area contributed by atoms with Gasteiger partial charge in [-0.05, 0) is 55.5 Å².